The van der Waals surface area contributed by atoms with Crippen LogP contribution in [0.25, 0.3) is 0 Å². The topological polar surface area (TPSA) is 18.5 Å². The Kier molecular flexibility index (Phi) is 5.42. The van der Waals surface area contributed by atoms with Gasteiger partial charge in [0.2, 0.25) is 0 Å². The second kappa shape index (κ2) is 6.68. The van der Waals surface area contributed by atoms with E-state index in [0.29, 0.717) is 25.7 Å². The van der Waals surface area contributed by atoms with Gasteiger partial charge in [0.1, 0.15) is 12.4 Å². The molecule has 0 aliphatic carbocycles. The molecule has 1 rings (SSSR count). The molecule has 0 amide bonds. The van der Waals surface area contributed by atoms with E-state index in [1.807, 2.05) is 31.2 Å². The summed E-state index contributed by atoms with van der Waals surface area (Å²) in [6.07, 6.45) is 0. The van der Waals surface area contributed by atoms with E-state index >= 15 is 0 Å². The van der Waals surface area contributed by atoms with Gasteiger partial charge in [-0.25, -0.2) is 0 Å². The number of benzene rings is 1. The van der Waals surface area contributed by atoms with Gasteiger partial charge in [-0.15, -0.1) is 11.6 Å². The van der Waals surface area contributed by atoms with Gasteiger partial charge in [0.05, 0.1) is 13.2 Å². The molecule has 14 heavy (non-hydrogen) atoms. The lowest BCUT2D eigenvalue weighted by Gasteiger charge is -2.06. The van der Waals surface area contributed by atoms with Crippen molar-refractivity contribution in [3.05, 3.63) is 29.8 Å². The van der Waals surface area contributed by atoms with Crippen molar-refractivity contribution in [2.24, 2.45) is 0 Å². The van der Waals surface area contributed by atoms with Crippen molar-refractivity contribution in [2.75, 3.05) is 25.7 Å². The summed E-state index contributed by atoms with van der Waals surface area (Å²) >= 11 is 5.45. The summed E-state index contributed by atoms with van der Waals surface area (Å²) in [7, 11) is 0. The summed E-state index contributed by atoms with van der Waals surface area (Å²) in [6, 6.07) is 7.96. The fourth-order valence-electron chi connectivity index (χ4n) is 1.08. The van der Waals surface area contributed by atoms with Crippen molar-refractivity contribution < 1.29 is 9.47 Å². The first-order valence-corrected chi connectivity index (χ1v) is 5.19. The van der Waals surface area contributed by atoms with Crippen molar-refractivity contribution in [1.82, 2.24) is 0 Å². The zero-order chi connectivity index (χ0) is 10.2. The van der Waals surface area contributed by atoms with E-state index in [2.05, 4.69) is 0 Å². The van der Waals surface area contributed by atoms with E-state index in [1.165, 1.54) is 5.56 Å². The largest absolute Gasteiger partial charge is 0.491 e. The molecule has 0 aliphatic heterocycles. The van der Waals surface area contributed by atoms with Crippen LogP contribution in [-0.2, 0) is 4.74 Å². The summed E-state index contributed by atoms with van der Waals surface area (Å²) in [5.41, 5.74) is 1.20. The van der Waals surface area contributed by atoms with Crippen LogP contribution in [0.1, 0.15) is 5.56 Å². The van der Waals surface area contributed by atoms with E-state index in [1.54, 1.807) is 0 Å². The highest BCUT2D eigenvalue weighted by molar-refractivity contribution is 6.17. The quantitative estimate of drug-likeness (QED) is 0.536. The van der Waals surface area contributed by atoms with Crippen LogP contribution in [0, 0.1) is 6.92 Å². The molecule has 0 radical (unpaired) electrons. The second-order valence-electron chi connectivity index (χ2n) is 2.97. The van der Waals surface area contributed by atoms with E-state index in [-0.39, 0.29) is 0 Å². The molecule has 0 unspecified atom stereocenters. The lowest BCUT2D eigenvalue weighted by atomic mass is 10.2. The van der Waals surface area contributed by atoms with Crippen LogP contribution in [-0.4, -0.2) is 25.7 Å². The lowest BCUT2D eigenvalue weighted by Crippen LogP contribution is -2.07. The number of rotatable bonds is 6. The van der Waals surface area contributed by atoms with Crippen molar-refractivity contribution >= 4 is 11.6 Å². The number of hydrogen-bond acceptors (Lipinski definition) is 2. The molecule has 2 nitrogen and oxygen atoms in total. The molecule has 0 heterocycles. The molecule has 0 saturated carbocycles. The van der Waals surface area contributed by atoms with Crippen LogP contribution >= 0.6 is 11.6 Å². The molecule has 0 bridgehead atoms. The zero-order valence-electron chi connectivity index (χ0n) is 8.33. The summed E-state index contributed by atoms with van der Waals surface area (Å²) in [5, 5.41) is 0. The normalized spacial score (nSPS) is 10.1. The monoisotopic (exact) mass is 214 g/mol. The molecule has 0 aliphatic rings. The average Bonchev–Trinajstić information content (AvgIpc) is 2.18. The predicted molar refractivity (Wildman–Crippen MR) is 58.2 cm³/mol. The third-order valence-electron chi connectivity index (χ3n) is 1.71. The summed E-state index contributed by atoms with van der Waals surface area (Å²) < 4.78 is 10.6. The van der Waals surface area contributed by atoms with Crippen molar-refractivity contribution in [2.45, 2.75) is 6.92 Å². The van der Waals surface area contributed by atoms with Gasteiger partial charge in [-0.05, 0) is 24.6 Å². The highest BCUT2D eigenvalue weighted by Gasteiger charge is 1.93. The minimum atomic E-state index is 0.532. The highest BCUT2D eigenvalue weighted by atomic mass is 35.5. The summed E-state index contributed by atoms with van der Waals surface area (Å²) in [6.45, 7) is 3.77. The van der Waals surface area contributed by atoms with Crippen LogP contribution in [0.3, 0.4) is 0 Å². The number of aryl methyl sites for hydroxylation is 1. The zero-order valence-corrected chi connectivity index (χ0v) is 9.09. The molecule has 3 heteroatoms. The van der Waals surface area contributed by atoms with Gasteiger partial charge in [-0.1, -0.05) is 12.1 Å². The molecule has 0 N–H and O–H groups in total. The van der Waals surface area contributed by atoms with E-state index in [4.69, 9.17) is 21.1 Å². The molecule has 0 atom stereocenters. The van der Waals surface area contributed by atoms with E-state index in [0.717, 1.165) is 5.75 Å². The Balaban J connectivity index is 2.18. The number of alkyl halides is 1. The lowest BCUT2D eigenvalue weighted by molar-refractivity contribution is 0.111. The van der Waals surface area contributed by atoms with E-state index in [9.17, 15) is 0 Å². The smallest absolute Gasteiger partial charge is 0.119 e. The van der Waals surface area contributed by atoms with Gasteiger partial charge in [0, 0.05) is 5.88 Å². The Morgan fingerprint density at radius 3 is 2.79 bits per heavy atom. The van der Waals surface area contributed by atoms with Crippen LogP contribution in [0.5, 0.6) is 5.75 Å². The number of ether oxygens (including phenoxy) is 2. The molecule has 1 aromatic carbocycles. The maximum absolute atomic E-state index is 5.47. The molecule has 78 valence electrons. The number of hydrogen-bond donors (Lipinski definition) is 0. The van der Waals surface area contributed by atoms with Gasteiger partial charge in [-0.3, -0.25) is 0 Å². The van der Waals surface area contributed by atoms with Crippen molar-refractivity contribution in [3.8, 4) is 5.75 Å². The molecule has 0 aromatic heterocycles. The Hall–Kier alpha value is -0.730. The molecule has 1 aromatic rings. The Bertz CT molecular complexity index is 263. The second-order valence-corrected chi connectivity index (χ2v) is 3.34. The summed E-state index contributed by atoms with van der Waals surface area (Å²) in [5.74, 6) is 1.42. The predicted octanol–water partition coefficient (Wildman–Crippen LogP) is 2.63. The summed E-state index contributed by atoms with van der Waals surface area (Å²) in [4.78, 5) is 0. The van der Waals surface area contributed by atoms with E-state index < -0.39 is 0 Å². The Morgan fingerprint density at radius 1 is 1.21 bits per heavy atom. The van der Waals surface area contributed by atoms with Crippen LogP contribution in [0.4, 0.5) is 0 Å². The first-order valence-electron chi connectivity index (χ1n) is 4.66. The van der Waals surface area contributed by atoms with Crippen molar-refractivity contribution in [1.29, 1.82) is 0 Å². The SMILES string of the molecule is Cc1cccc(OCCOCCCl)c1. The Labute approximate surface area is 89.8 Å². The maximum atomic E-state index is 5.47. The van der Waals surface area contributed by atoms with Crippen molar-refractivity contribution in [3.63, 3.8) is 0 Å². The van der Waals surface area contributed by atoms with Gasteiger partial charge >= 0.3 is 0 Å². The minimum Gasteiger partial charge on any atom is -0.491 e. The van der Waals surface area contributed by atoms with Gasteiger partial charge < -0.3 is 9.47 Å². The van der Waals surface area contributed by atoms with Crippen LogP contribution in [0.15, 0.2) is 24.3 Å². The molecule has 0 fully saturated rings. The third kappa shape index (κ3) is 4.49. The first-order chi connectivity index (χ1) is 6.83. The number of halogens is 1. The van der Waals surface area contributed by atoms with Gasteiger partial charge in [0.25, 0.3) is 0 Å². The maximum Gasteiger partial charge on any atom is 0.119 e. The molecule has 0 spiro atoms. The third-order valence-corrected chi connectivity index (χ3v) is 1.86. The van der Waals surface area contributed by atoms with Gasteiger partial charge in [-0.2, -0.15) is 0 Å². The molecular formula is C11H15ClO2. The first kappa shape index (κ1) is 11.3. The minimum absolute atomic E-state index is 0.532. The van der Waals surface area contributed by atoms with Gasteiger partial charge in [0.15, 0.2) is 0 Å². The van der Waals surface area contributed by atoms with Crippen LogP contribution in [0.2, 0.25) is 0 Å². The Morgan fingerprint density at radius 2 is 2.07 bits per heavy atom. The fourth-order valence-corrected chi connectivity index (χ4v) is 1.19. The molecular weight excluding hydrogens is 200 g/mol. The molecule has 0 saturated heterocycles. The van der Waals surface area contributed by atoms with Crippen LogP contribution < -0.4 is 4.74 Å². The standard InChI is InChI=1S/C11H15ClO2/c1-10-3-2-4-11(9-10)14-8-7-13-6-5-12/h2-4,9H,5-8H2,1H3. The average molecular weight is 215 g/mol. The highest BCUT2D eigenvalue weighted by Crippen LogP contribution is 2.11. The fraction of sp³-hybridized carbons (Fsp3) is 0.455.